The molecule has 0 atom stereocenters. The smallest absolute Gasteiger partial charge is 0.223 e. The van der Waals surface area contributed by atoms with E-state index in [1.807, 2.05) is 11.9 Å². The molecule has 0 aromatic heterocycles. The number of carbonyl (C=O) groups is 1. The zero-order valence-electron chi connectivity index (χ0n) is 14.0. The summed E-state index contributed by atoms with van der Waals surface area (Å²) in [6.07, 6.45) is 2.92. The van der Waals surface area contributed by atoms with Gasteiger partial charge in [-0.25, -0.2) is 0 Å². The molecule has 1 aromatic rings. The Morgan fingerprint density at radius 2 is 2.00 bits per heavy atom. The van der Waals surface area contributed by atoms with E-state index in [1.165, 1.54) is 16.0 Å². The Morgan fingerprint density at radius 3 is 2.64 bits per heavy atom. The molecule has 1 aliphatic heterocycles. The van der Waals surface area contributed by atoms with E-state index in [0.29, 0.717) is 12.3 Å². The van der Waals surface area contributed by atoms with E-state index in [4.69, 9.17) is 0 Å². The van der Waals surface area contributed by atoms with E-state index in [0.717, 1.165) is 44.1 Å². The number of thioether (sulfide) groups is 1. The molecule has 0 spiro atoms. The normalized spacial score (nSPS) is 16.0. The zero-order valence-corrected chi connectivity index (χ0v) is 14.8. The van der Waals surface area contributed by atoms with Gasteiger partial charge in [-0.3, -0.25) is 4.79 Å². The van der Waals surface area contributed by atoms with Crippen LogP contribution in [0.5, 0.6) is 0 Å². The first kappa shape index (κ1) is 17.4. The van der Waals surface area contributed by atoms with Crippen molar-refractivity contribution in [3.63, 3.8) is 0 Å². The molecule has 0 radical (unpaired) electrons. The Balaban J connectivity index is 1.71. The van der Waals surface area contributed by atoms with Gasteiger partial charge >= 0.3 is 0 Å². The number of likely N-dealkylation sites (tertiary alicyclic amines) is 1. The highest BCUT2D eigenvalue weighted by Crippen LogP contribution is 2.23. The highest BCUT2D eigenvalue weighted by molar-refractivity contribution is 7.99. The van der Waals surface area contributed by atoms with Crippen molar-refractivity contribution in [1.29, 1.82) is 0 Å². The average molecular weight is 321 g/mol. The minimum atomic E-state index is 0.319. The van der Waals surface area contributed by atoms with Crippen molar-refractivity contribution in [2.75, 3.05) is 32.4 Å². The van der Waals surface area contributed by atoms with Crippen LogP contribution >= 0.6 is 11.8 Å². The van der Waals surface area contributed by atoms with E-state index < -0.39 is 0 Å². The lowest BCUT2D eigenvalue weighted by Crippen LogP contribution is -2.40. The van der Waals surface area contributed by atoms with Crippen molar-refractivity contribution in [3.8, 4) is 0 Å². The fraction of sp³-hybridized carbons (Fsp3) is 0.611. The van der Waals surface area contributed by atoms with Crippen molar-refractivity contribution < 1.29 is 4.79 Å². The number of hydrogen-bond donors (Lipinski definition) is 1. The second-order valence-electron chi connectivity index (χ2n) is 6.23. The largest absolute Gasteiger partial charge is 0.343 e. The molecule has 1 fully saturated rings. The van der Waals surface area contributed by atoms with Crippen molar-refractivity contribution >= 4 is 17.7 Å². The summed E-state index contributed by atoms with van der Waals surface area (Å²) in [6.45, 7) is 7.20. The van der Waals surface area contributed by atoms with Crippen LogP contribution in [-0.4, -0.2) is 43.2 Å². The third kappa shape index (κ3) is 5.03. The molecule has 1 saturated heterocycles. The molecule has 22 heavy (non-hydrogen) atoms. The van der Waals surface area contributed by atoms with Crippen LogP contribution in [0, 0.1) is 19.8 Å². The summed E-state index contributed by atoms with van der Waals surface area (Å²) in [5, 5.41) is 3.24. The summed E-state index contributed by atoms with van der Waals surface area (Å²) in [4.78, 5) is 15.6. The molecule has 4 heteroatoms. The summed E-state index contributed by atoms with van der Waals surface area (Å²) < 4.78 is 0. The van der Waals surface area contributed by atoms with Gasteiger partial charge in [0.15, 0.2) is 0 Å². The maximum Gasteiger partial charge on any atom is 0.223 e. The number of piperidine rings is 1. The standard InChI is InChI=1S/C18H28N2OS/c1-14-4-5-17(12-15(14)2)22-11-8-18(21)20-9-6-16(7-10-20)13-19-3/h4-5,12,16,19H,6-11,13H2,1-3H3. The van der Waals surface area contributed by atoms with Gasteiger partial charge in [0.05, 0.1) is 0 Å². The number of hydrogen-bond acceptors (Lipinski definition) is 3. The Kier molecular flexibility index (Phi) is 6.77. The van der Waals surface area contributed by atoms with Gasteiger partial charge in [-0.15, -0.1) is 11.8 Å². The van der Waals surface area contributed by atoms with Crippen LogP contribution in [0.1, 0.15) is 30.4 Å². The molecule has 2 rings (SSSR count). The first-order valence-corrected chi connectivity index (χ1v) is 9.21. The molecule has 122 valence electrons. The van der Waals surface area contributed by atoms with Gasteiger partial charge in [-0.2, -0.15) is 0 Å². The maximum atomic E-state index is 12.3. The lowest BCUT2D eigenvalue weighted by molar-refractivity contribution is -0.132. The highest BCUT2D eigenvalue weighted by atomic mass is 32.2. The molecule has 1 heterocycles. The predicted molar refractivity (Wildman–Crippen MR) is 94.5 cm³/mol. The topological polar surface area (TPSA) is 32.3 Å². The molecule has 0 unspecified atom stereocenters. The summed E-state index contributed by atoms with van der Waals surface area (Å²) in [7, 11) is 2.00. The van der Waals surface area contributed by atoms with Crippen molar-refractivity contribution in [1.82, 2.24) is 10.2 Å². The third-order valence-electron chi connectivity index (χ3n) is 4.52. The molecule has 0 aliphatic carbocycles. The monoisotopic (exact) mass is 320 g/mol. The predicted octanol–water partition coefficient (Wildman–Crippen LogP) is 3.24. The highest BCUT2D eigenvalue weighted by Gasteiger charge is 2.21. The second-order valence-corrected chi connectivity index (χ2v) is 7.39. The number of carbonyl (C=O) groups excluding carboxylic acids is 1. The Hall–Kier alpha value is -1.00. The van der Waals surface area contributed by atoms with E-state index >= 15 is 0 Å². The molecular weight excluding hydrogens is 292 g/mol. The van der Waals surface area contributed by atoms with Crippen LogP contribution in [0.4, 0.5) is 0 Å². The van der Waals surface area contributed by atoms with Crippen LogP contribution < -0.4 is 5.32 Å². The molecule has 0 bridgehead atoms. The molecule has 1 aromatic carbocycles. The molecule has 1 aliphatic rings. The number of rotatable bonds is 6. The molecular formula is C18H28N2OS. The first-order chi connectivity index (χ1) is 10.6. The molecule has 1 amide bonds. The number of amides is 1. The van der Waals surface area contributed by atoms with E-state index in [2.05, 4.69) is 37.4 Å². The number of nitrogens with one attached hydrogen (secondary N) is 1. The number of aryl methyl sites for hydroxylation is 2. The minimum Gasteiger partial charge on any atom is -0.343 e. The van der Waals surface area contributed by atoms with E-state index in [9.17, 15) is 4.79 Å². The second kappa shape index (κ2) is 8.59. The quantitative estimate of drug-likeness (QED) is 0.817. The van der Waals surface area contributed by atoms with Crippen molar-refractivity contribution in [3.05, 3.63) is 29.3 Å². The van der Waals surface area contributed by atoms with Gasteiger partial charge in [0.25, 0.3) is 0 Å². The van der Waals surface area contributed by atoms with Gasteiger partial charge < -0.3 is 10.2 Å². The van der Waals surface area contributed by atoms with Crippen molar-refractivity contribution in [2.24, 2.45) is 5.92 Å². The van der Waals surface area contributed by atoms with Crippen LogP contribution in [0.15, 0.2) is 23.1 Å². The molecule has 1 N–H and O–H groups in total. The van der Waals surface area contributed by atoms with Gasteiger partial charge in [0.1, 0.15) is 0 Å². The number of nitrogens with zero attached hydrogens (tertiary/aromatic N) is 1. The zero-order chi connectivity index (χ0) is 15.9. The Labute approximate surface area is 138 Å². The fourth-order valence-corrected chi connectivity index (χ4v) is 3.83. The van der Waals surface area contributed by atoms with E-state index in [-0.39, 0.29) is 0 Å². The van der Waals surface area contributed by atoms with Gasteiger partial charge in [-0.05, 0) is 69.5 Å². The van der Waals surface area contributed by atoms with Crippen LogP contribution in [-0.2, 0) is 4.79 Å². The van der Waals surface area contributed by atoms with Crippen molar-refractivity contribution in [2.45, 2.75) is 38.0 Å². The Morgan fingerprint density at radius 1 is 1.27 bits per heavy atom. The SMILES string of the molecule is CNCC1CCN(C(=O)CCSc2ccc(C)c(C)c2)CC1. The lowest BCUT2D eigenvalue weighted by Gasteiger charge is -2.32. The molecule has 0 saturated carbocycles. The third-order valence-corrected chi connectivity index (χ3v) is 5.52. The average Bonchev–Trinajstić information content (AvgIpc) is 2.52. The first-order valence-electron chi connectivity index (χ1n) is 8.22. The van der Waals surface area contributed by atoms with E-state index in [1.54, 1.807) is 11.8 Å². The summed E-state index contributed by atoms with van der Waals surface area (Å²) in [5.41, 5.74) is 2.65. The summed E-state index contributed by atoms with van der Waals surface area (Å²) in [5.74, 6) is 1.93. The summed E-state index contributed by atoms with van der Waals surface area (Å²) in [6, 6.07) is 6.53. The van der Waals surface area contributed by atoms with Crippen LogP contribution in [0.3, 0.4) is 0 Å². The number of benzene rings is 1. The molecule has 3 nitrogen and oxygen atoms in total. The maximum absolute atomic E-state index is 12.3. The van der Waals surface area contributed by atoms with Gasteiger partial charge in [-0.1, -0.05) is 6.07 Å². The van der Waals surface area contributed by atoms with Gasteiger partial charge in [0, 0.05) is 30.2 Å². The van der Waals surface area contributed by atoms with Crippen LogP contribution in [0.25, 0.3) is 0 Å². The van der Waals surface area contributed by atoms with Gasteiger partial charge in [0.2, 0.25) is 5.91 Å². The fourth-order valence-electron chi connectivity index (χ4n) is 2.89. The minimum absolute atomic E-state index is 0.319. The Bertz CT molecular complexity index is 496. The lowest BCUT2D eigenvalue weighted by atomic mass is 9.97. The summed E-state index contributed by atoms with van der Waals surface area (Å²) >= 11 is 1.79. The van der Waals surface area contributed by atoms with Crippen LogP contribution in [0.2, 0.25) is 0 Å².